The highest BCUT2D eigenvalue weighted by molar-refractivity contribution is 7.89. The van der Waals surface area contributed by atoms with Crippen LogP contribution < -0.4 is 10.2 Å². The van der Waals surface area contributed by atoms with E-state index in [2.05, 4.69) is 14.1 Å². The summed E-state index contributed by atoms with van der Waals surface area (Å²) < 4.78 is 36.1. The number of fused-ring (bicyclic) bond motifs is 1. The fourth-order valence-corrected chi connectivity index (χ4v) is 6.41. The number of anilines is 1. The lowest BCUT2D eigenvalue weighted by atomic mass is 10.1. The van der Waals surface area contributed by atoms with Crippen molar-refractivity contribution in [3.63, 3.8) is 0 Å². The Morgan fingerprint density at radius 2 is 1.85 bits per heavy atom. The van der Waals surface area contributed by atoms with Crippen molar-refractivity contribution in [2.45, 2.75) is 11.8 Å². The lowest BCUT2D eigenvalue weighted by Crippen LogP contribution is -2.50. The number of benzene rings is 2. The van der Waals surface area contributed by atoms with E-state index in [1.54, 1.807) is 46.2 Å². The molecule has 0 radical (unpaired) electrons. The maximum absolute atomic E-state index is 13.2. The maximum Gasteiger partial charge on any atom is 0.322 e. The normalized spacial score (nSPS) is 17.5. The molecule has 2 aliphatic rings. The number of aryl methyl sites for hydroxylation is 1. The Balaban J connectivity index is 1.29. The second-order valence-electron chi connectivity index (χ2n) is 7.97. The largest absolute Gasteiger partial charge is 0.336 e. The second kappa shape index (κ2) is 8.36. The summed E-state index contributed by atoms with van der Waals surface area (Å²) in [5.41, 5.74) is 3.07. The van der Waals surface area contributed by atoms with Crippen LogP contribution in [0.1, 0.15) is 15.9 Å². The molecule has 10 nitrogen and oxygen atoms in total. The zero-order valence-corrected chi connectivity index (χ0v) is 19.5. The molecule has 12 heteroatoms. The first-order chi connectivity index (χ1) is 15.9. The molecule has 0 atom stereocenters. The smallest absolute Gasteiger partial charge is 0.322 e. The zero-order valence-electron chi connectivity index (χ0n) is 17.9. The number of carbonyl (C=O) groups is 2. The second-order valence-corrected chi connectivity index (χ2v) is 10.4. The van der Waals surface area contributed by atoms with Crippen molar-refractivity contribution in [2.24, 2.45) is 0 Å². The van der Waals surface area contributed by atoms with Crippen LogP contribution in [0.2, 0.25) is 0 Å². The van der Waals surface area contributed by atoms with E-state index in [4.69, 9.17) is 0 Å². The zero-order chi connectivity index (χ0) is 23.2. The lowest BCUT2D eigenvalue weighted by Gasteiger charge is -2.34. The van der Waals surface area contributed by atoms with E-state index >= 15 is 0 Å². The molecule has 0 unspecified atom stereocenters. The summed E-state index contributed by atoms with van der Waals surface area (Å²) in [5, 5.41) is 2.77. The van der Waals surface area contributed by atoms with Crippen molar-refractivity contribution >= 4 is 50.4 Å². The highest BCUT2D eigenvalue weighted by Crippen LogP contribution is 2.26. The van der Waals surface area contributed by atoms with Gasteiger partial charge in [-0.05, 0) is 42.8 Å². The van der Waals surface area contributed by atoms with Gasteiger partial charge in [0.1, 0.15) is 15.9 Å². The molecule has 172 valence electrons. The minimum Gasteiger partial charge on any atom is -0.336 e. The Kier molecular flexibility index (Phi) is 5.51. The Morgan fingerprint density at radius 3 is 2.55 bits per heavy atom. The molecule has 3 aromatic rings. The van der Waals surface area contributed by atoms with Crippen molar-refractivity contribution in [1.82, 2.24) is 23.3 Å². The van der Waals surface area contributed by atoms with Crippen molar-refractivity contribution < 1.29 is 18.0 Å². The number of sulfonamides is 1. The third-order valence-electron chi connectivity index (χ3n) is 5.98. The molecular weight excluding hydrogens is 464 g/mol. The molecule has 2 fully saturated rings. The first-order valence-electron chi connectivity index (χ1n) is 10.5. The Hall–Kier alpha value is -3.09. The van der Waals surface area contributed by atoms with Crippen LogP contribution in [0.3, 0.4) is 0 Å². The molecule has 0 spiro atoms. The predicted molar refractivity (Wildman–Crippen MR) is 124 cm³/mol. The highest BCUT2D eigenvalue weighted by atomic mass is 32.2. The third-order valence-corrected chi connectivity index (χ3v) is 8.46. The van der Waals surface area contributed by atoms with Crippen molar-refractivity contribution in [3.05, 3.63) is 47.5 Å². The van der Waals surface area contributed by atoms with E-state index in [0.29, 0.717) is 42.8 Å². The summed E-state index contributed by atoms with van der Waals surface area (Å²) in [6, 6.07) is 10.1. The highest BCUT2D eigenvalue weighted by Gasteiger charge is 2.32. The molecular formula is C21H22N6O4S2. The van der Waals surface area contributed by atoms with Crippen LogP contribution in [0.5, 0.6) is 0 Å². The van der Waals surface area contributed by atoms with E-state index < -0.39 is 10.0 Å². The SMILES string of the molecule is Cc1cc(C(=O)N2CCN(S(=O)(=O)c3cccc4nsnc34)CC2)ccc1N1CCNC1=O. The van der Waals surface area contributed by atoms with Crippen molar-refractivity contribution in [1.29, 1.82) is 0 Å². The number of aromatic nitrogens is 2. The lowest BCUT2D eigenvalue weighted by molar-refractivity contribution is 0.0698. The monoisotopic (exact) mass is 486 g/mol. The molecule has 2 saturated heterocycles. The van der Waals surface area contributed by atoms with Crippen LogP contribution in [0.4, 0.5) is 10.5 Å². The van der Waals surface area contributed by atoms with Gasteiger partial charge in [0.05, 0.1) is 11.7 Å². The van der Waals surface area contributed by atoms with Gasteiger partial charge in [-0.3, -0.25) is 9.69 Å². The maximum atomic E-state index is 13.2. The number of carbonyl (C=O) groups excluding carboxylic acids is 2. The number of piperazine rings is 1. The van der Waals surface area contributed by atoms with Crippen LogP contribution in [0.25, 0.3) is 11.0 Å². The van der Waals surface area contributed by atoms with E-state index in [1.807, 2.05) is 6.92 Å². The van der Waals surface area contributed by atoms with Gasteiger partial charge in [-0.25, -0.2) is 13.2 Å². The fourth-order valence-electron chi connectivity index (χ4n) is 4.24. The summed E-state index contributed by atoms with van der Waals surface area (Å²) in [6.07, 6.45) is 0. The van der Waals surface area contributed by atoms with Gasteiger partial charge in [0, 0.05) is 50.5 Å². The average molecular weight is 487 g/mol. The van der Waals surface area contributed by atoms with Crippen LogP contribution >= 0.6 is 11.7 Å². The first kappa shape index (κ1) is 21.7. The Morgan fingerprint density at radius 1 is 1.06 bits per heavy atom. The Bertz CT molecular complexity index is 1350. The molecule has 1 N–H and O–H groups in total. The van der Waals surface area contributed by atoms with Crippen molar-refractivity contribution in [2.75, 3.05) is 44.2 Å². The molecule has 3 amide bonds. The van der Waals surface area contributed by atoms with Crippen LogP contribution in [0.15, 0.2) is 41.3 Å². The molecule has 33 heavy (non-hydrogen) atoms. The minimum atomic E-state index is -3.74. The number of hydrogen-bond acceptors (Lipinski definition) is 7. The number of hydrogen-bond donors (Lipinski definition) is 1. The number of nitrogens with one attached hydrogen (secondary N) is 1. The molecule has 3 heterocycles. The number of nitrogens with zero attached hydrogens (tertiary/aromatic N) is 5. The van der Waals surface area contributed by atoms with Gasteiger partial charge in [-0.2, -0.15) is 13.1 Å². The molecule has 0 aliphatic carbocycles. The fraction of sp³-hybridized carbons (Fsp3) is 0.333. The van der Waals surface area contributed by atoms with E-state index in [1.165, 1.54) is 4.31 Å². The molecule has 0 bridgehead atoms. The van der Waals surface area contributed by atoms with Crippen molar-refractivity contribution in [3.8, 4) is 0 Å². The quantitative estimate of drug-likeness (QED) is 0.600. The van der Waals surface area contributed by atoms with Gasteiger partial charge in [0.15, 0.2) is 0 Å². The van der Waals surface area contributed by atoms with E-state index in [9.17, 15) is 18.0 Å². The average Bonchev–Trinajstić information content (AvgIpc) is 3.47. The molecule has 2 aliphatic heterocycles. The number of rotatable bonds is 4. The van der Waals surface area contributed by atoms with Gasteiger partial charge in [-0.15, -0.1) is 0 Å². The van der Waals surface area contributed by atoms with Gasteiger partial charge >= 0.3 is 6.03 Å². The van der Waals surface area contributed by atoms with Gasteiger partial charge in [0.25, 0.3) is 5.91 Å². The molecule has 2 aromatic carbocycles. The summed E-state index contributed by atoms with van der Waals surface area (Å²) in [5.74, 6) is -0.154. The summed E-state index contributed by atoms with van der Waals surface area (Å²) in [6.45, 7) is 4.04. The number of urea groups is 1. The first-order valence-corrected chi connectivity index (χ1v) is 12.7. The molecule has 5 rings (SSSR count). The van der Waals surface area contributed by atoms with E-state index in [0.717, 1.165) is 23.0 Å². The van der Waals surface area contributed by atoms with Gasteiger partial charge < -0.3 is 10.2 Å². The van der Waals surface area contributed by atoms with Crippen LogP contribution in [-0.4, -0.2) is 77.6 Å². The van der Waals surface area contributed by atoms with Crippen LogP contribution in [0, 0.1) is 6.92 Å². The molecule has 1 aromatic heterocycles. The van der Waals surface area contributed by atoms with Crippen LogP contribution in [-0.2, 0) is 10.0 Å². The van der Waals surface area contributed by atoms with Gasteiger partial charge in [-0.1, -0.05) is 6.07 Å². The standard InChI is InChI=1S/C21H22N6O4S2/c1-14-13-15(5-6-17(14)27-8-7-22-21(27)29)20(28)25-9-11-26(12-10-25)33(30,31)18-4-2-3-16-19(18)24-32-23-16/h2-6,13H,7-12H2,1H3,(H,22,29). The minimum absolute atomic E-state index is 0.140. The molecule has 0 saturated carbocycles. The summed E-state index contributed by atoms with van der Waals surface area (Å²) in [4.78, 5) is 28.5. The third kappa shape index (κ3) is 3.83. The summed E-state index contributed by atoms with van der Waals surface area (Å²) in [7, 11) is -3.74. The number of amides is 3. The van der Waals surface area contributed by atoms with Gasteiger partial charge in [0.2, 0.25) is 10.0 Å². The Labute approximate surface area is 195 Å². The topological polar surface area (TPSA) is 116 Å². The summed E-state index contributed by atoms with van der Waals surface area (Å²) >= 11 is 0.981. The van der Waals surface area contributed by atoms with E-state index in [-0.39, 0.29) is 29.9 Å². The predicted octanol–water partition coefficient (Wildman–Crippen LogP) is 1.68.